The zero-order valence-electron chi connectivity index (χ0n) is 9.98. The Morgan fingerprint density at radius 3 is 3.25 bits per heavy atom. The molecule has 90 valence electrons. The number of rotatable bonds is 4. The standard InChI is InChI=1S/C12H21N3S/c1-15-6-2-3-10(9-15)7-12-14-8-11(16-12)4-5-13/h8,10H,2-7,9,13H2,1H3. The van der Waals surface area contributed by atoms with Gasteiger partial charge < -0.3 is 10.6 Å². The van der Waals surface area contributed by atoms with Crippen LogP contribution in [0.25, 0.3) is 0 Å². The van der Waals surface area contributed by atoms with Crippen molar-refractivity contribution in [1.82, 2.24) is 9.88 Å². The molecule has 1 atom stereocenters. The monoisotopic (exact) mass is 239 g/mol. The van der Waals surface area contributed by atoms with Crippen LogP contribution < -0.4 is 5.73 Å². The van der Waals surface area contributed by atoms with Crippen molar-refractivity contribution in [3.63, 3.8) is 0 Å². The van der Waals surface area contributed by atoms with E-state index in [-0.39, 0.29) is 0 Å². The Bertz CT molecular complexity index is 324. The van der Waals surface area contributed by atoms with E-state index in [2.05, 4.69) is 16.9 Å². The van der Waals surface area contributed by atoms with Gasteiger partial charge in [0.2, 0.25) is 0 Å². The van der Waals surface area contributed by atoms with E-state index in [0.717, 1.165) is 25.3 Å². The summed E-state index contributed by atoms with van der Waals surface area (Å²) < 4.78 is 0. The lowest BCUT2D eigenvalue weighted by atomic mass is 9.95. The van der Waals surface area contributed by atoms with Crippen LogP contribution >= 0.6 is 11.3 Å². The molecule has 2 heterocycles. The van der Waals surface area contributed by atoms with Crippen LogP contribution in [0.4, 0.5) is 0 Å². The summed E-state index contributed by atoms with van der Waals surface area (Å²) >= 11 is 1.84. The van der Waals surface area contributed by atoms with Gasteiger partial charge in [-0.15, -0.1) is 11.3 Å². The Hall–Kier alpha value is -0.450. The number of nitrogens with two attached hydrogens (primary N) is 1. The topological polar surface area (TPSA) is 42.2 Å². The van der Waals surface area contributed by atoms with E-state index in [0.29, 0.717) is 0 Å². The number of hydrogen-bond acceptors (Lipinski definition) is 4. The van der Waals surface area contributed by atoms with Crippen LogP contribution in [0.2, 0.25) is 0 Å². The normalized spacial score (nSPS) is 22.5. The summed E-state index contributed by atoms with van der Waals surface area (Å²) in [5.41, 5.74) is 5.54. The van der Waals surface area contributed by atoms with Gasteiger partial charge in [-0.25, -0.2) is 4.98 Å². The van der Waals surface area contributed by atoms with E-state index in [1.54, 1.807) is 0 Å². The molecule has 1 aliphatic rings. The molecule has 1 aromatic heterocycles. The van der Waals surface area contributed by atoms with Gasteiger partial charge in [0.25, 0.3) is 0 Å². The van der Waals surface area contributed by atoms with Crippen LogP contribution in [-0.4, -0.2) is 36.6 Å². The summed E-state index contributed by atoms with van der Waals surface area (Å²) in [4.78, 5) is 8.27. The third kappa shape index (κ3) is 3.27. The molecule has 1 aliphatic heterocycles. The molecule has 0 aliphatic carbocycles. The van der Waals surface area contributed by atoms with Crippen molar-refractivity contribution < 1.29 is 0 Å². The third-order valence-corrected chi connectivity index (χ3v) is 4.26. The zero-order valence-corrected chi connectivity index (χ0v) is 10.8. The van der Waals surface area contributed by atoms with Gasteiger partial charge in [0.05, 0.1) is 5.01 Å². The Labute approximate surface area is 102 Å². The van der Waals surface area contributed by atoms with Crippen molar-refractivity contribution in [3.05, 3.63) is 16.1 Å². The first kappa shape index (κ1) is 12.0. The van der Waals surface area contributed by atoms with E-state index < -0.39 is 0 Å². The van der Waals surface area contributed by atoms with Crippen LogP contribution in [0, 0.1) is 5.92 Å². The largest absolute Gasteiger partial charge is 0.330 e. The lowest BCUT2D eigenvalue weighted by molar-refractivity contribution is 0.209. The van der Waals surface area contributed by atoms with Crippen LogP contribution in [0.3, 0.4) is 0 Å². The first-order valence-electron chi connectivity index (χ1n) is 6.10. The number of hydrogen-bond donors (Lipinski definition) is 1. The van der Waals surface area contributed by atoms with Gasteiger partial charge in [0.15, 0.2) is 0 Å². The first-order valence-corrected chi connectivity index (χ1v) is 6.91. The molecule has 1 unspecified atom stereocenters. The van der Waals surface area contributed by atoms with E-state index in [4.69, 9.17) is 5.73 Å². The minimum Gasteiger partial charge on any atom is -0.330 e. The Kier molecular flexibility index (Phi) is 4.32. The second kappa shape index (κ2) is 5.75. The highest BCUT2D eigenvalue weighted by Gasteiger charge is 2.18. The Morgan fingerprint density at radius 1 is 1.62 bits per heavy atom. The first-order chi connectivity index (χ1) is 7.78. The third-order valence-electron chi connectivity index (χ3n) is 3.18. The average molecular weight is 239 g/mol. The number of nitrogens with zero attached hydrogens (tertiary/aromatic N) is 2. The van der Waals surface area contributed by atoms with Crippen molar-refractivity contribution in [2.45, 2.75) is 25.7 Å². The fourth-order valence-corrected chi connectivity index (χ4v) is 3.44. The summed E-state index contributed by atoms with van der Waals surface area (Å²) in [6, 6.07) is 0. The summed E-state index contributed by atoms with van der Waals surface area (Å²) in [7, 11) is 2.22. The van der Waals surface area contributed by atoms with Crippen molar-refractivity contribution in [1.29, 1.82) is 0 Å². The highest BCUT2D eigenvalue weighted by molar-refractivity contribution is 7.11. The molecule has 0 bridgehead atoms. The van der Waals surface area contributed by atoms with E-state index in [1.807, 2.05) is 17.5 Å². The van der Waals surface area contributed by atoms with Gasteiger partial charge in [-0.1, -0.05) is 0 Å². The SMILES string of the molecule is CN1CCCC(Cc2ncc(CCN)s2)C1. The number of aromatic nitrogens is 1. The lowest BCUT2D eigenvalue weighted by Gasteiger charge is -2.29. The molecule has 0 saturated carbocycles. The fraction of sp³-hybridized carbons (Fsp3) is 0.750. The molecule has 0 radical (unpaired) electrons. The number of likely N-dealkylation sites (tertiary alicyclic amines) is 1. The summed E-state index contributed by atoms with van der Waals surface area (Å²) in [5.74, 6) is 0.802. The lowest BCUT2D eigenvalue weighted by Crippen LogP contribution is -2.32. The number of piperidine rings is 1. The maximum Gasteiger partial charge on any atom is 0.0930 e. The van der Waals surface area contributed by atoms with Gasteiger partial charge >= 0.3 is 0 Å². The minimum absolute atomic E-state index is 0.730. The Morgan fingerprint density at radius 2 is 2.50 bits per heavy atom. The van der Waals surface area contributed by atoms with E-state index in [9.17, 15) is 0 Å². The molecule has 1 fully saturated rings. The van der Waals surface area contributed by atoms with Gasteiger partial charge in [0, 0.05) is 24.0 Å². The number of thiazole rings is 1. The highest BCUT2D eigenvalue weighted by Crippen LogP contribution is 2.22. The second-order valence-electron chi connectivity index (χ2n) is 4.73. The van der Waals surface area contributed by atoms with Crippen LogP contribution in [-0.2, 0) is 12.8 Å². The van der Waals surface area contributed by atoms with Crippen molar-refractivity contribution in [3.8, 4) is 0 Å². The molecule has 1 saturated heterocycles. The van der Waals surface area contributed by atoms with Crippen molar-refractivity contribution in [2.24, 2.45) is 11.7 Å². The Balaban J connectivity index is 1.87. The van der Waals surface area contributed by atoms with Crippen LogP contribution in [0.15, 0.2) is 6.20 Å². The maximum absolute atomic E-state index is 5.54. The fourth-order valence-electron chi connectivity index (χ4n) is 2.39. The van der Waals surface area contributed by atoms with Crippen LogP contribution in [0.1, 0.15) is 22.7 Å². The highest BCUT2D eigenvalue weighted by atomic mass is 32.1. The minimum atomic E-state index is 0.730. The maximum atomic E-state index is 5.54. The second-order valence-corrected chi connectivity index (χ2v) is 5.93. The molecular formula is C12H21N3S. The van der Waals surface area contributed by atoms with E-state index >= 15 is 0 Å². The molecule has 1 aromatic rings. The molecular weight excluding hydrogens is 218 g/mol. The quantitative estimate of drug-likeness (QED) is 0.866. The van der Waals surface area contributed by atoms with Gasteiger partial charge in [-0.2, -0.15) is 0 Å². The smallest absolute Gasteiger partial charge is 0.0930 e. The summed E-state index contributed by atoms with van der Waals surface area (Å²) in [6.45, 7) is 3.21. The molecule has 2 rings (SSSR count). The van der Waals surface area contributed by atoms with Gasteiger partial charge in [-0.3, -0.25) is 0 Å². The molecule has 3 nitrogen and oxygen atoms in total. The van der Waals surface area contributed by atoms with Gasteiger partial charge in [0.1, 0.15) is 0 Å². The summed E-state index contributed by atoms with van der Waals surface area (Å²) in [6.07, 6.45) is 6.82. The molecule has 0 amide bonds. The van der Waals surface area contributed by atoms with E-state index in [1.165, 1.54) is 35.8 Å². The molecule has 2 N–H and O–H groups in total. The average Bonchev–Trinajstić information content (AvgIpc) is 2.66. The zero-order chi connectivity index (χ0) is 11.4. The predicted molar refractivity (Wildman–Crippen MR) is 68.8 cm³/mol. The summed E-state index contributed by atoms with van der Waals surface area (Å²) in [5, 5.41) is 1.30. The van der Waals surface area contributed by atoms with Crippen molar-refractivity contribution in [2.75, 3.05) is 26.7 Å². The molecule has 0 aromatic carbocycles. The molecule has 4 heteroatoms. The van der Waals surface area contributed by atoms with Crippen LogP contribution in [0.5, 0.6) is 0 Å². The molecule has 0 spiro atoms. The molecule has 16 heavy (non-hydrogen) atoms. The van der Waals surface area contributed by atoms with Crippen molar-refractivity contribution >= 4 is 11.3 Å². The predicted octanol–water partition coefficient (Wildman–Crippen LogP) is 1.53. The van der Waals surface area contributed by atoms with Gasteiger partial charge in [-0.05, 0) is 45.3 Å².